The van der Waals surface area contributed by atoms with Crippen molar-refractivity contribution < 1.29 is 0 Å². The topological polar surface area (TPSA) is 0 Å². The lowest BCUT2D eigenvalue weighted by Crippen LogP contribution is -1.94. The van der Waals surface area contributed by atoms with Gasteiger partial charge in [-0.2, -0.15) is 0 Å². The third-order valence-electron chi connectivity index (χ3n) is 6.71. The van der Waals surface area contributed by atoms with Crippen molar-refractivity contribution in [2.24, 2.45) is 0 Å². The average molecular weight is 407 g/mol. The molecule has 0 bridgehead atoms. The van der Waals surface area contributed by atoms with E-state index in [1.807, 2.05) is 0 Å². The van der Waals surface area contributed by atoms with Crippen LogP contribution in [-0.4, -0.2) is 0 Å². The highest BCUT2D eigenvalue weighted by atomic mass is 14.1. The average Bonchev–Trinajstić information content (AvgIpc) is 2.80. The van der Waals surface area contributed by atoms with E-state index >= 15 is 0 Å². The molecule has 0 saturated carbocycles. The van der Waals surface area contributed by atoms with Crippen LogP contribution in [0.5, 0.6) is 0 Å². The lowest BCUT2D eigenvalue weighted by molar-refractivity contribution is 1.22. The summed E-state index contributed by atoms with van der Waals surface area (Å²) in [5.74, 6) is 0. The van der Waals surface area contributed by atoms with Gasteiger partial charge in [-0.05, 0) is 110 Å². The minimum atomic E-state index is 1.30. The number of hydrogen-bond donors (Lipinski definition) is 0. The van der Waals surface area contributed by atoms with Gasteiger partial charge >= 0.3 is 0 Å². The molecular weight excluding hydrogens is 372 g/mol. The van der Waals surface area contributed by atoms with Crippen LogP contribution in [0.3, 0.4) is 0 Å². The van der Waals surface area contributed by atoms with Crippen molar-refractivity contribution >= 4 is 0 Å². The molecule has 0 radical (unpaired) electrons. The van der Waals surface area contributed by atoms with Crippen molar-refractivity contribution in [1.29, 1.82) is 0 Å². The van der Waals surface area contributed by atoms with Crippen molar-refractivity contribution in [1.82, 2.24) is 0 Å². The molecule has 0 heterocycles. The first-order valence-corrected chi connectivity index (χ1v) is 11.1. The molecule has 0 spiro atoms. The zero-order chi connectivity index (χ0) is 22.5. The predicted octanol–water partition coefficient (Wildman–Crippen LogP) is 8.87. The van der Waals surface area contributed by atoms with Crippen LogP contribution in [0, 0.1) is 48.5 Å². The molecule has 0 heteroatoms. The van der Waals surface area contributed by atoms with E-state index in [2.05, 4.69) is 127 Å². The van der Waals surface area contributed by atoms with E-state index in [0.29, 0.717) is 0 Å². The Morgan fingerprint density at radius 3 is 1.35 bits per heavy atom. The number of rotatable bonds is 2. The SMILES string of the molecule is Cc1cc(-c2ccccc2)c(C)c(C)c1C.Cc1ccc(-c2ccccc2)c(C)c1C. The summed E-state index contributed by atoms with van der Waals surface area (Å²) < 4.78 is 0. The maximum atomic E-state index is 2.30. The molecule has 31 heavy (non-hydrogen) atoms. The molecule has 0 unspecified atom stereocenters. The highest BCUT2D eigenvalue weighted by molar-refractivity contribution is 5.70. The van der Waals surface area contributed by atoms with Crippen molar-refractivity contribution in [2.75, 3.05) is 0 Å². The summed E-state index contributed by atoms with van der Waals surface area (Å²) in [5, 5.41) is 0. The molecule has 0 N–H and O–H groups in total. The molecule has 0 atom stereocenters. The van der Waals surface area contributed by atoms with Gasteiger partial charge in [-0.15, -0.1) is 0 Å². The Morgan fingerprint density at radius 2 is 0.806 bits per heavy atom. The third-order valence-corrected chi connectivity index (χ3v) is 6.71. The van der Waals surface area contributed by atoms with Gasteiger partial charge in [-0.3, -0.25) is 0 Å². The maximum absolute atomic E-state index is 2.30. The number of hydrogen-bond acceptors (Lipinski definition) is 0. The highest BCUT2D eigenvalue weighted by Crippen LogP contribution is 2.29. The standard InChI is InChI=1S/C16H18.C15H16/c1-11-10-16(14(4)13(3)12(11)2)15-8-6-5-7-9-15;1-11-9-10-15(13(3)12(11)2)14-7-5-4-6-8-14/h5-10H,1-4H3;4-10H,1-3H3. The van der Waals surface area contributed by atoms with Crippen molar-refractivity contribution in [3.8, 4) is 22.3 Å². The summed E-state index contributed by atoms with van der Waals surface area (Å²) in [7, 11) is 0. The van der Waals surface area contributed by atoms with Crippen LogP contribution < -0.4 is 0 Å². The zero-order valence-corrected chi connectivity index (χ0v) is 20.0. The molecule has 0 aliphatic rings. The molecule has 0 aliphatic heterocycles. The smallest absolute Gasteiger partial charge is 0.0149 e. The molecule has 158 valence electrons. The van der Waals surface area contributed by atoms with Crippen LogP contribution in [0.25, 0.3) is 22.3 Å². The largest absolute Gasteiger partial charge is 0.0622 e. The second kappa shape index (κ2) is 9.79. The summed E-state index contributed by atoms with van der Waals surface area (Å²) in [6.45, 7) is 15.4. The summed E-state index contributed by atoms with van der Waals surface area (Å²) in [4.78, 5) is 0. The molecule has 4 rings (SSSR count). The van der Waals surface area contributed by atoms with Gasteiger partial charge in [0.15, 0.2) is 0 Å². The van der Waals surface area contributed by atoms with Crippen LogP contribution in [0.15, 0.2) is 78.9 Å². The summed E-state index contributed by atoms with van der Waals surface area (Å²) in [6.07, 6.45) is 0. The van der Waals surface area contributed by atoms with Crippen LogP contribution in [0.1, 0.15) is 38.9 Å². The van der Waals surface area contributed by atoms with E-state index in [4.69, 9.17) is 0 Å². The summed E-state index contributed by atoms with van der Waals surface area (Å²) in [5.41, 5.74) is 15.1. The quantitative estimate of drug-likeness (QED) is 0.312. The second-order valence-corrected chi connectivity index (χ2v) is 8.53. The predicted molar refractivity (Wildman–Crippen MR) is 137 cm³/mol. The van der Waals surface area contributed by atoms with E-state index in [0.717, 1.165) is 0 Å². The van der Waals surface area contributed by atoms with Gasteiger partial charge in [0.05, 0.1) is 0 Å². The van der Waals surface area contributed by atoms with Crippen molar-refractivity contribution in [3.63, 3.8) is 0 Å². The van der Waals surface area contributed by atoms with E-state index in [1.54, 1.807) is 0 Å². The van der Waals surface area contributed by atoms with Crippen LogP contribution in [0.4, 0.5) is 0 Å². The van der Waals surface area contributed by atoms with E-state index in [9.17, 15) is 0 Å². The van der Waals surface area contributed by atoms with Crippen molar-refractivity contribution in [3.05, 3.63) is 118 Å². The minimum Gasteiger partial charge on any atom is -0.0622 e. The first-order valence-electron chi connectivity index (χ1n) is 11.1. The fourth-order valence-electron chi connectivity index (χ4n) is 4.02. The van der Waals surface area contributed by atoms with Gasteiger partial charge in [0.2, 0.25) is 0 Å². The Balaban J connectivity index is 0.000000176. The Kier molecular flexibility index (Phi) is 7.13. The second-order valence-electron chi connectivity index (χ2n) is 8.53. The molecule has 0 amide bonds. The van der Waals surface area contributed by atoms with Gasteiger partial charge in [0, 0.05) is 0 Å². The Hall–Kier alpha value is -3.12. The normalized spacial score (nSPS) is 10.4. The van der Waals surface area contributed by atoms with E-state index in [1.165, 1.54) is 61.2 Å². The molecule has 0 aromatic heterocycles. The molecule has 4 aromatic carbocycles. The fraction of sp³-hybridized carbons (Fsp3) is 0.226. The highest BCUT2D eigenvalue weighted by Gasteiger charge is 2.08. The van der Waals surface area contributed by atoms with Gasteiger partial charge in [0.1, 0.15) is 0 Å². The van der Waals surface area contributed by atoms with E-state index in [-0.39, 0.29) is 0 Å². The Labute approximate surface area is 188 Å². The Bertz CT molecular complexity index is 1170. The first kappa shape index (κ1) is 22.6. The Morgan fingerprint density at radius 1 is 0.355 bits per heavy atom. The van der Waals surface area contributed by atoms with Crippen LogP contribution >= 0.6 is 0 Å². The molecule has 0 fully saturated rings. The summed E-state index contributed by atoms with van der Waals surface area (Å²) >= 11 is 0. The first-order chi connectivity index (χ1) is 14.8. The molecule has 4 aromatic rings. The van der Waals surface area contributed by atoms with Gasteiger partial charge in [0.25, 0.3) is 0 Å². The molecule has 0 aliphatic carbocycles. The number of aryl methyl sites for hydroxylation is 2. The number of benzene rings is 4. The minimum absolute atomic E-state index is 1.30. The van der Waals surface area contributed by atoms with Crippen molar-refractivity contribution in [2.45, 2.75) is 48.5 Å². The molecule has 0 saturated heterocycles. The van der Waals surface area contributed by atoms with Gasteiger partial charge < -0.3 is 0 Å². The lowest BCUT2D eigenvalue weighted by atomic mass is 9.91. The van der Waals surface area contributed by atoms with Gasteiger partial charge in [-0.1, -0.05) is 78.9 Å². The molecular formula is C31H34. The van der Waals surface area contributed by atoms with Crippen LogP contribution in [0.2, 0.25) is 0 Å². The maximum Gasteiger partial charge on any atom is -0.0149 e. The fourth-order valence-corrected chi connectivity index (χ4v) is 4.02. The van der Waals surface area contributed by atoms with Gasteiger partial charge in [-0.25, -0.2) is 0 Å². The monoisotopic (exact) mass is 406 g/mol. The van der Waals surface area contributed by atoms with Crippen LogP contribution in [-0.2, 0) is 0 Å². The third kappa shape index (κ3) is 4.97. The lowest BCUT2D eigenvalue weighted by Gasteiger charge is -2.14. The molecule has 0 nitrogen and oxygen atoms in total. The summed E-state index contributed by atoms with van der Waals surface area (Å²) in [6, 6.07) is 27.9. The van der Waals surface area contributed by atoms with E-state index < -0.39 is 0 Å². The zero-order valence-electron chi connectivity index (χ0n) is 20.0.